The molecule has 24 heavy (non-hydrogen) atoms. The Labute approximate surface area is 139 Å². The largest absolute Gasteiger partial charge is 0.465 e. The molecular weight excluding hydrogens is 332 g/mol. The van der Waals surface area contributed by atoms with Crippen molar-refractivity contribution in [3.63, 3.8) is 0 Å². The highest BCUT2D eigenvalue weighted by Crippen LogP contribution is 2.22. The van der Waals surface area contributed by atoms with E-state index in [0.29, 0.717) is 28.2 Å². The van der Waals surface area contributed by atoms with Crippen molar-refractivity contribution in [2.24, 2.45) is 0 Å². The number of nitrogens with one attached hydrogen (secondary N) is 1. The summed E-state index contributed by atoms with van der Waals surface area (Å²) in [6.45, 7) is 1.95. The average molecular weight is 350 g/mol. The van der Waals surface area contributed by atoms with Crippen LogP contribution in [-0.2, 0) is 20.5 Å². The van der Waals surface area contributed by atoms with Crippen LogP contribution in [0.1, 0.15) is 23.3 Å². The lowest BCUT2D eigenvalue weighted by atomic mass is 10.2. The summed E-state index contributed by atoms with van der Waals surface area (Å²) < 4.78 is 43.4. The number of fused-ring (bicyclic) bond motifs is 1. The molecule has 0 aliphatic rings. The van der Waals surface area contributed by atoms with Crippen LogP contribution in [-0.4, -0.2) is 27.3 Å². The van der Waals surface area contributed by atoms with Gasteiger partial charge in [-0.05, 0) is 31.2 Å². The van der Waals surface area contributed by atoms with Gasteiger partial charge in [-0.15, -0.1) is 0 Å². The molecule has 0 saturated carbocycles. The zero-order valence-electron chi connectivity index (χ0n) is 13.4. The number of sulfonamides is 1. The Kier molecular flexibility index (Phi) is 4.70. The van der Waals surface area contributed by atoms with E-state index in [4.69, 9.17) is 13.7 Å². The maximum absolute atomic E-state index is 12.5. The smallest absolute Gasteiger partial charge is 0.218 e. The predicted molar refractivity (Wildman–Crippen MR) is 87.8 cm³/mol. The number of furan rings is 1. The molecule has 0 bridgehead atoms. The number of aromatic nitrogens is 1. The zero-order chi connectivity index (χ0) is 17.2. The molecule has 0 radical (unpaired) electrons. The first-order valence-corrected chi connectivity index (χ1v) is 9.02. The number of hydrogen-bond donors (Lipinski definition) is 1. The van der Waals surface area contributed by atoms with Gasteiger partial charge in [0.05, 0.1) is 6.61 Å². The Morgan fingerprint density at radius 2 is 2.04 bits per heavy atom. The predicted octanol–water partition coefficient (Wildman–Crippen LogP) is 2.54. The molecule has 3 rings (SSSR count). The van der Waals surface area contributed by atoms with Gasteiger partial charge in [0.1, 0.15) is 29.0 Å². The second kappa shape index (κ2) is 6.76. The minimum Gasteiger partial charge on any atom is -0.465 e. The minimum absolute atomic E-state index is 0.158. The van der Waals surface area contributed by atoms with E-state index in [9.17, 15) is 8.42 Å². The van der Waals surface area contributed by atoms with Gasteiger partial charge in [-0.25, -0.2) is 13.1 Å². The number of hydrogen-bond acceptors (Lipinski definition) is 6. The lowest BCUT2D eigenvalue weighted by molar-refractivity contribution is 0.166. The fourth-order valence-corrected chi connectivity index (χ4v) is 3.73. The summed E-state index contributed by atoms with van der Waals surface area (Å²) in [4.78, 5) is 0. The highest BCUT2D eigenvalue weighted by atomic mass is 32.2. The van der Waals surface area contributed by atoms with E-state index in [-0.39, 0.29) is 12.4 Å². The Bertz CT molecular complexity index is 929. The quantitative estimate of drug-likeness (QED) is 0.704. The first kappa shape index (κ1) is 16.7. The molecule has 0 saturated heterocycles. The van der Waals surface area contributed by atoms with Gasteiger partial charge < -0.3 is 13.7 Å². The van der Waals surface area contributed by atoms with Crippen molar-refractivity contribution in [1.82, 2.24) is 9.88 Å². The number of benzene rings is 1. The van der Waals surface area contributed by atoms with Crippen LogP contribution in [0.15, 0.2) is 45.3 Å². The fraction of sp³-hybridized carbons (Fsp3) is 0.312. The molecule has 7 nitrogen and oxygen atoms in total. The Morgan fingerprint density at radius 3 is 2.75 bits per heavy atom. The number of methoxy groups -OCH3 is 1. The standard InChI is InChI=1S/C16H18N2O5S/c1-11-7-8-16(22-11)13(9-21-2)18-24(19,20)10-14-12-5-3-4-6-15(12)23-17-14/h3-8,13,18H,9-10H2,1-2H3. The van der Waals surface area contributed by atoms with Crippen molar-refractivity contribution in [3.8, 4) is 0 Å². The molecule has 3 aromatic rings. The van der Waals surface area contributed by atoms with Crippen molar-refractivity contribution >= 4 is 21.0 Å². The van der Waals surface area contributed by atoms with E-state index in [1.165, 1.54) is 7.11 Å². The van der Waals surface area contributed by atoms with E-state index in [2.05, 4.69) is 9.88 Å². The van der Waals surface area contributed by atoms with Gasteiger partial charge in [0.15, 0.2) is 5.58 Å². The second-order valence-corrected chi connectivity index (χ2v) is 7.21. The normalized spacial score (nSPS) is 13.4. The average Bonchev–Trinajstić information content (AvgIpc) is 3.14. The van der Waals surface area contributed by atoms with Crippen LogP contribution in [0.3, 0.4) is 0 Å². The Morgan fingerprint density at radius 1 is 1.25 bits per heavy atom. The number of ether oxygens (including phenoxy) is 1. The third-order valence-corrected chi connectivity index (χ3v) is 4.84. The van der Waals surface area contributed by atoms with Gasteiger partial charge >= 0.3 is 0 Å². The van der Waals surface area contributed by atoms with Gasteiger partial charge in [-0.1, -0.05) is 17.3 Å². The highest BCUT2D eigenvalue weighted by Gasteiger charge is 2.24. The lowest BCUT2D eigenvalue weighted by Crippen LogP contribution is -2.32. The highest BCUT2D eigenvalue weighted by molar-refractivity contribution is 7.88. The first-order chi connectivity index (χ1) is 11.5. The van der Waals surface area contributed by atoms with Crippen LogP contribution in [0.25, 0.3) is 11.0 Å². The van der Waals surface area contributed by atoms with E-state index in [0.717, 1.165) is 0 Å². The molecule has 8 heteroatoms. The topological polar surface area (TPSA) is 94.6 Å². The summed E-state index contributed by atoms with van der Waals surface area (Å²) in [6.07, 6.45) is 0. The molecule has 0 amide bonds. The zero-order valence-corrected chi connectivity index (χ0v) is 14.2. The third-order valence-electron chi connectivity index (χ3n) is 3.54. The van der Waals surface area contributed by atoms with Crippen molar-refractivity contribution in [2.45, 2.75) is 18.7 Å². The number of rotatable bonds is 7. The molecule has 2 aromatic heterocycles. The molecule has 0 aliphatic heterocycles. The molecule has 1 N–H and O–H groups in total. The second-order valence-electron chi connectivity index (χ2n) is 5.46. The van der Waals surface area contributed by atoms with E-state index in [1.807, 2.05) is 6.07 Å². The Hall–Kier alpha value is -2.16. The fourth-order valence-electron chi connectivity index (χ4n) is 2.46. The van der Waals surface area contributed by atoms with E-state index >= 15 is 0 Å². The van der Waals surface area contributed by atoms with Gasteiger partial charge in [0.2, 0.25) is 10.0 Å². The monoisotopic (exact) mass is 350 g/mol. The van der Waals surface area contributed by atoms with Crippen LogP contribution in [0.4, 0.5) is 0 Å². The number of aryl methyl sites for hydroxylation is 1. The number of nitrogens with zero attached hydrogens (tertiary/aromatic N) is 1. The molecule has 0 fully saturated rings. The molecule has 1 unspecified atom stereocenters. The molecular formula is C16H18N2O5S. The van der Waals surface area contributed by atoms with Gasteiger partial charge in [-0.2, -0.15) is 0 Å². The lowest BCUT2D eigenvalue weighted by Gasteiger charge is -2.15. The SMILES string of the molecule is COCC(NS(=O)(=O)Cc1noc2ccccc12)c1ccc(C)o1. The van der Waals surface area contributed by atoms with Crippen molar-refractivity contribution < 1.29 is 22.1 Å². The molecule has 2 heterocycles. The first-order valence-electron chi connectivity index (χ1n) is 7.37. The van der Waals surface area contributed by atoms with Gasteiger partial charge in [0.25, 0.3) is 0 Å². The Balaban J connectivity index is 1.81. The van der Waals surface area contributed by atoms with Crippen molar-refractivity contribution in [2.75, 3.05) is 13.7 Å². The van der Waals surface area contributed by atoms with Crippen molar-refractivity contribution in [3.05, 3.63) is 53.6 Å². The summed E-state index contributed by atoms with van der Waals surface area (Å²) >= 11 is 0. The van der Waals surface area contributed by atoms with Crippen molar-refractivity contribution in [1.29, 1.82) is 0 Å². The number of para-hydroxylation sites is 1. The third kappa shape index (κ3) is 3.66. The summed E-state index contributed by atoms with van der Waals surface area (Å²) in [6, 6.07) is 10.0. The maximum atomic E-state index is 12.5. The van der Waals surface area contributed by atoms with Crippen LogP contribution in [0.5, 0.6) is 0 Å². The van der Waals surface area contributed by atoms with Crippen LogP contribution >= 0.6 is 0 Å². The van der Waals surface area contributed by atoms with E-state index in [1.54, 1.807) is 37.3 Å². The van der Waals surface area contributed by atoms with E-state index < -0.39 is 16.1 Å². The molecule has 128 valence electrons. The molecule has 1 aromatic carbocycles. The minimum atomic E-state index is -3.67. The van der Waals surface area contributed by atoms with Crippen LogP contribution in [0.2, 0.25) is 0 Å². The molecule has 0 spiro atoms. The van der Waals surface area contributed by atoms with Crippen LogP contribution in [0, 0.1) is 6.92 Å². The van der Waals surface area contributed by atoms with Gasteiger partial charge in [0, 0.05) is 12.5 Å². The summed E-state index contributed by atoms with van der Waals surface area (Å²) in [5, 5.41) is 4.54. The molecule has 1 atom stereocenters. The van der Waals surface area contributed by atoms with Gasteiger partial charge in [-0.3, -0.25) is 0 Å². The summed E-state index contributed by atoms with van der Waals surface area (Å²) in [7, 11) is -2.17. The van der Waals surface area contributed by atoms with Crippen LogP contribution < -0.4 is 4.72 Å². The molecule has 0 aliphatic carbocycles. The summed E-state index contributed by atoms with van der Waals surface area (Å²) in [5.41, 5.74) is 0.919. The maximum Gasteiger partial charge on any atom is 0.218 e. The summed E-state index contributed by atoms with van der Waals surface area (Å²) in [5.74, 6) is 0.917.